The monoisotopic (exact) mass is 770 g/mol. The summed E-state index contributed by atoms with van der Waals surface area (Å²) in [6.07, 6.45) is 0. The van der Waals surface area contributed by atoms with Crippen molar-refractivity contribution in [1.29, 1.82) is 0 Å². The zero-order valence-electron chi connectivity index (χ0n) is 33.2. The number of benzene rings is 9. The Bertz CT molecular complexity index is 3460. The fourth-order valence-corrected chi connectivity index (χ4v) is 9.43. The van der Waals surface area contributed by atoms with Crippen LogP contribution in [0.5, 0.6) is 0 Å². The standard InChI is InChI=1S/C56H38N2O2/c1-56(2)48-18-10-8-17-44(48)45-32-42(27-28-49(45)56)58(51-19-11-9-16-43(51)40-21-20-35-12-6-7-15-38(35)30-40)41-25-22-36(23-26-41)39-24-29-52-46(31-39)47-33-50-54(34-53(47)59-52)60-55(57-50)37-13-4-3-5-14-37/h3-34H,1-2H3. The Morgan fingerprint density at radius 3 is 1.97 bits per heavy atom. The van der Waals surface area contributed by atoms with Gasteiger partial charge in [0.1, 0.15) is 16.7 Å². The lowest BCUT2D eigenvalue weighted by molar-refractivity contribution is 0.617. The van der Waals surface area contributed by atoms with Gasteiger partial charge < -0.3 is 13.7 Å². The predicted octanol–water partition coefficient (Wildman–Crippen LogP) is 15.7. The number of hydrogen-bond donors (Lipinski definition) is 0. The van der Waals surface area contributed by atoms with Crippen molar-refractivity contribution >= 4 is 60.9 Å². The largest absolute Gasteiger partial charge is 0.456 e. The Morgan fingerprint density at radius 1 is 0.417 bits per heavy atom. The number of nitrogens with zero attached hydrogens (tertiary/aromatic N) is 2. The molecule has 12 rings (SSSR count). The van der Waals surface area contributed by atoms with E-state index in [2.05, 4.69) is 176 Å². The Hall–Kier alpha value is -7.69. The van der Waals surface area contributed by atoms with Gasteiger partial charge in [0.15, 0.2) is 5.58 Å². The molecule has 0 amide bonds. The van der Waals surface area contributed by atoms with Crippen molar-refractivity contribution in [2.24, 2.45) is 0 Å². The smallest absolute Gasteiger partial charge is 0.227 e. The van der Waals surface area contributed by atoms with E-state index in [9.17, 15) is 0 Å². The van der Waals surface area contributed by atoms with E-state index < -0.39 is 0 Å². The highest BCUT2D eigenvalue weighted by molar-refractivity contribution is 6.10. The quantitative estimate of drug-likeness (QED) is 0.169. The second-order valence-electron chi connectivity index (χ2n) is 16.4. The first-order valence-electron chi connectivity index (χ1n) is 20.5. The normalized spacial score (nSPS) is 13.0. The van der Waals surface area contributed by atoms with Gasteiger partial charge in [-0.1, -0.05) is 135 Å². The Kier molecular flexibility index (Phi) is 7.54. The maximum absolute atomic E-state index is 6.36. The van der Waals surface area contributed by atoms with Gasteiger partial charge in [0.25, 0.3) is 0 Å². The third kappa shape index (κ3) is 5.41. The first-order chi connectivity index (χ1) is 29.5. The van der Waals surface area contributed by atoms with Crippen LogP contribution in [0, 0.1) is 0 Å². The summed E-state index contributed by atoms with van der Waals surface area (Å²) in [4.78, 5) is 7.26. The zero-order chi connectivity index (χ0) is 40.0. The van der Waals surface area contributed by atoms with Gasteiger partial charge in [-0.15, -0.1) is 0 Å². The zero-order valence-corrected chi connectivity index (χ0v) is 33.2. The van der Waals surface area contributed by atoms with Crippen molar-refractivity contribution in [3.63, 3.8) is 0 Å². The molecule has 0 saturated heterocycles. The maximum atomic E-state index is 6.36. The van der Waals surface area contributed by atoms with Gasteiger partial charge >= 0.3 is 0 Å². The topological polar surface area (TPSA) is 42.4 Å². The molecule has 0 bridgehead atoms. The van der Waals surface area contributed by atoms with E-state index in [0.717, 1.165) is 61.2 Å². The minimum Gasteiger partial charge on any atom is -0.456 e. The molecule has 0 aliphatic heterocycles. The molecule has 1 aliphatic carbocycles. The van der Waals surface area contributed by atoms with Crippen LogP contribution in [-0.2, 0) is 5.41 Å². The van der Waals surface area contributed by atoms with Gasteiger partial charge in [0.05, 0.1) is 5.69 Å². The number of para-hydroxylation sites is 1. The average Bonchev–Trinajstić information content (AvgIpc) is 3.95. The van der Waals surface area contributed by atoms with Crippen LogP contribution in [0.3, 0.4) is 0 Å². The third-order valence-corrected chi connectivity index (χ3v) is 12.5. The fraction of sp³-hybridized carbons (Fsp3) is 0.0536. The van der Waals surface area contributed by atoms with Gasteiger partial charge in [0.2, 0.25) is 5.89 Å². The number of aromatic nitrogens is 1. The number of oxazole rings is 1. The summed E-state index contributed by atoms with van der Waals surface area (Å²) in [7, 11) is 0. The van der Waals surface area contributed by atoms with E-state index >= 15 is 0 Å². The van der Waals surface area contributed by atoms with Crippen molar-refractivity contribution in [3.05, 3.63) is 205 Å². The lowest BCUT2D eigenvalue weighted by atomic mass is 9.82. The van der Waals surface area contributed by atoms with Crippen LogP contribution in [-0.4, -0.2) is 4.98 Å². The molecule has 9 aromatic carbocycles. The Labute approximate surface area is 347 Å². The molecule has 11 aromatic rings. The van der Waals surface area contributed by atoms with Crippen molar-refractivity contribution in [3.8, 4) is 44.8 Å². The highest BCUT2D eigenvalue weighted by Gasteiger charge is 2.35. The summed E-state index contributed by atoms with van der Waals surface area (Å²) in [6.45, 7) is 4.67. The van der Waals surface area contributed by atoms with Crippen LogP contribution in [0.25, 0.3) is 88.6 Å². The fourth-order valence-electron chi connectivity index (χ4n) is 9.43. The summed E-state index contributed by atoms with van der Waals surface area (Å²) in [6, 6.07) is 69.5. The summed E-state index contributed by atoms with van der Waals surface area (Å²) >= 11 is 0. The van der Waals surface area contributed by atoms with Gasteiger partial charge in [-0.2, -0.15) is 0 Å². The molecule has 284 valence electrons. The van der Waals surface area contributed by atoms with Crippen molar-refractivity contribution in [1.82, 2.24) is 4.98 Å². The van der Waals surface area contributed by atoms with E-state index in [1.54, 1.807) is 0 Å². The molecule has 4 heteroatoms. The second kappa shape index (κ2) is 13.2. The molecule has 2 heterocycles. The maximum Gasteiger partial charge on any atom is 0.227 e. The molecule has 0 radical (unpaired) electrons. The minimum absolute atomic E-state index is 0.0759. The van der Waals surface area contributed by atoms with Gasteiger partial charge in [0, 0.05) is 44.8 Å². The average molecular weight is 771 g/mol. The molecule has 0 unspecified atom stereocenters. The first kappa shape index (κ1) is 34.4. The summed E-state index contributed by atoms with van der Waals surface area (Å²) < 4.78 is 12.5. The number of fused-ring (bicyclic) bond motifs is 8. The molecule has 2 aromatic heterocycles. The minimum atomic E-state index is -0.0759. The molecule has 0 atom stereocenters. The van der Waals surface area contributed by atoms with E-state index in [1.807, 2.05) is 36.4 Å². The van der Waals surface area contributed by atoms with E-state index in [1.165, 1.54) is 44.2 Å². The van der Waals surface area contributed by atoms with E-state index in [0.29, 0.717) is 11.5 Å². The Morgan fingerprint density at radius 2 is 1.10 bits per heavy atom. The molecule has 0 N–H and O–H groups in total. The van der Waals surface area contributed by atoms with Crippen LogP contribution < -0.4 is 4.90 Å². The van der Waals surface area contributed by atoms with Crippen molar-refractivity contribution < 1.29 is 8.83 Å². The lowest BCUT2D eigenvalue weighted by Gasteiger charge is -2.29. The van der Waals surface area contributed by atoms with E-state index in [4.69, 9.17) is 13.8 Å². The molecule has 0 spiro atoms. The molecule has 1 aliphatic rings. The molecule has 0 fully saturated rings. The molecular formula is C56H38N2O2. The first-order valence-corrected chi connectivity index (χ1v) is 20.5. The number of anilines is 3. The van der Waals surface area contributed by atoms with Gasteiger partial charge in [-0.25, -0.2) is 4.98 Å². The SMILES string of the molecule is CC1(C)c2ccccc2-c2cc(N(c3ccc(-c4ccc5oc6cc7oc(-c8ccccc8)nc7cc6c5c4)cc3)c3ccccc3-c3ccc4ccccc4c3)ccc21. The van der Waals surface area contributed by atoms with Crippen LogP contribution in [0.1, 0.15) is 25.0 Å². The predicted molar refractivity (Wildman–Crippen MR) is 247 cm³/mol. The summed E-state index contributed by atoms with van der Waals surface area (Å²) in [5.74, 6) is 0.603. The van der Waals surface area contributed by atoms with E-state index in [-0.39, 0.29) is 5.41 Å². The molecule has 0 saturated carbocycles. The number of rotatable bonds is 6. The summed E-state index contributed by atoms with van der Waals surface area (Å²) in [5, 5.41) is 4.52. The molecular weight excluding hydrogens is 733 g/mol. The lowest BCUT2D eigenvalue weighted by Crippen LogP contribution is -2.15. The van der Waals surface area contributed by atoms with Crippen LogP contribution in [0.15, 0.2) is 203 Å². The van der Waals surface area contributed by atoms with Gasteiger partial charge in [-0.05, 0) is 116 Å². The van der Waals surface area contributed by atoms with Crippen molar-refractivity contribution in [2.45, 2.75) is 19.3 Å². The van der Waals surface area contributed by atoms with Gasteiger partial charge in [-0.3, -0.25) is 0 Å². The Balaban J connectivity index is 0.974. The molecule has 60 heavy (non-hydrogen) atoms. The van der Waals surface area contributed by atoms with Crippen LogP contribution >= 0.6 is 0 Å². The highest BCUT2D eigenvalue weighted by Crippen LogP contribution is 2.51. The second-order valence-corrected chi connectivity index (χ2v) is 16.4. The van der Waals surface area contributed by atoms with Crippen LogP contribution in [0.4, 0.5) is 17.1 Å². The number of hydrogen-bond acceptors (Lipinski definition) is 4. The number of furan rings is 1. The van der Waals surface area contributed by atoms with Crippen molar-refractivity contribution in [2.75, 3.05) is 4.90 Å². The third-order valence-electron chi connectivity index (χ3n) is 12.5. The molecule has 4 nitrogen and oxygen atoms in total. The highest BCUT2D eigenvalue weighted by atomic mass is 16.4. The van der Waals surface area contributed by atoms with Crippen LogP contribution in [0.2, 0.25) is 0 Å². The summed E-state index contributed by atoms with van der Waals surface area (Å²) in [5.41, 5.74) is 17.2.